The summed E-state index contributed by atoms with van der Waals surface area (Å²) in [5.74, 6) is -1.10. The molecule has 2 N–H and O–H groups in total. The number of aryl methyl sites for hydroxylation is 1. The van der Waals surface area contributed by atoms with E-state index in [1.165, 1.54) is 4.57 Å². The third kappa shape index (κ3) is 4.17. The SMILES string of the molecule is CCOC(=O)c1ccc(NCC(=O)Nc2ccc3c(c2)oc(=O)n3C)cc1. The summed E-state index contributed by atoms with van der Waals surface area (Å²) in [7, 11) is 1.61. The van der Waals surface area contributed by atoms with Crippen LogP contribution in [0.5, 0.6) is 0 Å². The molecule has 1 aromatic heterocycles. The Morgan fingerprint density at radius 3 is 2.52 bits per heavy atom. The third-order valence-electron chi connectivity index (χ3n) is 3.93. The van der Waals surface area contributed by atoms with E-state index in [0.717, 1.165) is 0 Å². The minimum absolute atomic E-state index is 0.0372. The van der Waals surface area contributed by atoms with E-state index in [4.69, 9.17) is 9.15 Å². The Balaban J connectivity index is 1.58. The smallest absolute Gasteiger partial charge is 0.419 e. The minimum atomic E-state index is -0.457. The molecule has 8 heteroatoms. The maximum atomic E-state index is 12.1. The lowest BCUT2D eigenvalue weighted by molar-refractivity contribution is -0.114. The van der Waals surface area contributed by atoms with E-state index >= 15 is 0 Å². The molecule has 1 amide bonds. The summed E-state index contributed by atoms with van der Waals surface area (Å²) in [4.78, 5) is 35.2. The van der Waals surface area contributed by atoms with Crippen LogP contribution in [-0.4, -0.2) is 29.6 Å². The number of carbonyl (C=O) groups is 2. The van der Waals surface area contributed by atoms with Crippen molar-refractivity contribution in [1.29, 1.82) is 0 Å². The number of aromatic nitrogens is 1. The summed E-state index contributed by atoms with van der Waals surface area (Å²) in [5, 5.41) is 5.70. The average molecular weight is 369 g/mol. The first-order chi connectivity index (χ1) is 13.0. The molecule has 8 nitrogen and oxygen atoms in total. The molecule has 3 aromatic rings. The van der Waals surface area contributed by atoms with Crippen LogP contribution in [0.3, 0.4) is 0 Å². The summed E-state index contributed by atoms with van der Waals surface area (Å²) in [5.41, 5.74) is 2.73. The van der Waals surface area contributed by atoms with E-state index < -0.39 is 5.76 Å². The van der Waals surface area contributed by atoms with Gasteiger partial charge in [0.1, 0.15) is 0 Å². The number of esters is 1. The molecule has 0 unspecified atom stereocenters. The first-order valence-corrected chi connectivity index (χ1v) is 8.38. The Labute approximate surface area is 154 Å². The number of anilines is 2. The van der Waals surface area contributed by atoms with Gasteiger partial charge in [0.25, 0.3) is 0 Å². The number of fused-ring (bicyclic) bond motifs is 1. The molecule has 0 fully saturated rings. The van der Waals surface area contributed by atoms with Gasteiger partial charge in [0, 0.05) is 24.5 Å². The van der Waals surface area contributed by atoms with E-state index in [1.54, 1.807) is 56.4 Å². The molecule has 0 radical (unpaired) electrons. The Morgan fingerprint density at radius 2 is 1.81 bits per heavy atom. The van der Waals surface area contributed by atoms with Crippen LogP contribution in [0.4, 0.5) is 11.4 Å². The highest BCUT2D eigenvalue weighted by Gasteiger charge is 2.09. The van der Waals surface area contributed by atoms with Gasteiger partial charge in [0.2, 0.25) is 5.91 Å². The summed E-state index contributed by atoms with van der Waals surface area (Å²) in [6.45, 7) is 2.10. The topological polar surface area (TPSA) is 103 Å². The number of hydrogen-bond donors (Lipinski definition) is 2. The van der Waals surface area contributed by atoms with Gasteiger partial charge in [-0.25, -0.2) is 9.59 Å². The van der Waals surface area contributed by atoms with Gasteiger partial charge in [-0.1, -0.05) is 0 Å². The van der Waals surface area contributed by atoms with Gasteiger partial charge >= 0.3 is 11.7 Å². The number of oxazole rings is 1. The van der Waals surface area contributed by atoms with E-state index in [0.29, 0.717) is 34.6 Å². The lowest BCUT2D eigenvalue weighted by atomic mass is 10.2. The van der Waals surface area contributed by atoms with Crippen LogP contribution in [-0.2, 0) is 16.6 Å². The first kappa shape index (κ1) is 18.2. The predicted molar refractivity (Wildman–Crippen MR) is 101 cm³/mol. The second-order valence-corrected chi connectivity index (χ2v) is 5.81. The number of nitrogens with zero attached hydrogens (tertiary/aromatic N) is 1. The highest BCUT2D eigenvalue weighted by molar-refractivity contribution is 5.95. The molecular weight excluding hydrogens is 350 g/mol. The van der Waals surface area contributed by atoms with Crippen LogP contribution >= 0.6 is 0 Å². The molecule has 0 saturated heterocycles. The zero-order chi connectivity index (χ0) is 19.4. The van der Waals surface area contributed by atoms with Crippen LogP contribution in [0.1, 0.15) is 17.3 Å². The van der Waals surface area contributed by atoms with Gasteiger partial charge < -0.3 is 19.8 Å². The molecule has 0 bridgehead atoms. The van der Waals surface area contributed by atoms with E-state index in [2.05, 4.69) is 10.6 Å². The molecule has 0 saturated carbocycles. The van der Waals surface area contributed by atoms with Crippen LogP contribution in [0.2, 0.25) is 0 Å². The molecule has 0 aliphatic heterocycles. The van der Waals surface area contributed by atoms with Crippen molar-refractivity contribution in [3.8, 4) is 0 Å². The monoisotopic (exact) mass is 369 g/mol. The van der Waals surface area contributed by atoms with Crippen molar-refractivity contribution in [2.45, 2.75) is 6.92 Å². The minimum Gasteiger partial charge on any atom is -0.462 e. The lowest BCUT2D eigenvalue weighted by Crippen LogP contribution is -2.21. The number of rotatable bonds is 6. The van der Waals surface area contributed by atoms with Crippen molar-refractivity contribution >= 4 is 34.4 Å². The maximum absolute atomic E-state index is 12.1. The zero-order valence-electron chi connectivity index (χ0n) is 14.9. The number of ether oxygens (including phenoxy) is 1. The molecule has 0 aliphatic carbocycles. The molecule has 0 spiro atoms. The second-order valence-electron chi connectivity index (χ2n) is 5.81. The van der Waals surface area contributed by atoms with Crippen LogP contribution in [0, 0.1) is 0 Å². The molecule has 0 aliphatic rings. The summed E-state index contributed by atoms with van der Waals surface area (Å²) < 4.78 is 11.4. The van der Waals surface area contributed by atoms with Gasteiger partial charge in [-0.15, -0.1) is 0 Å². The van der Waals surface area contributed by atoms with Crippen molar-refractivity contribution in [2.75, 3.05) is 23.8 Å². The highest BCUT2D eigenvalue weighted by atomic mass is 16.5. The van der Waals surface area contributed by atoms with Gasteiger partial charge in [0.15, 0.2) is 5.58 Å². The van der Waals surface area contributed by atoms with Gasteiger partial charge in [0.05, 0.1) is 24.2 Å². The van der Waals surface area contributed by atoms with E-state index in [-0.39, 0.29) is 18.4 Å². The van der Waals surface area contributed by atoms with Gasteiger partial charge in [-0.05, 0) is 43.3 Å². The summed E-state index contributed by atoms with van der Waals surface area (Å²) in [6.07, 6.45) is 0. The molecular formula is C19H19N3O5. The Morgan fingerprint density at radius 1 is 1.11 bits per heavy atom. The Hall–Kier alpha value is -3.55. The van der Waals surface area contributed by atoms with Crippen LogP contribution in [0.25, 0.3) is 11.1 Å². The highest BCUT2D eigenvalue weighted by Crippen LogP contribution is 2.18. The predicted octanol–water partition coefficient (Wildman–Crippen LogP) is 2.36. The largest absolute Gasteiger partial charge is 0.462 e. The van der Waals surface area contributed by atoms with Crippen LogP contribution < -0.4 is 16.4 Å². The van der Waals surface area contributed by atoms with Gasteiger partial charge in [-0.2, -0.15) is 0 Å². The quantitative estimate of drug-likeness (QED) is 0.647. The van der Waals surface area contributed by atoms with Crippen LogP contribution in [0.15, 0.2) is 51.7 Å². The Bertz CT molecular complexity index is 1030. The van der Waals surface area contributed by atoms with Crippen molar-refractivity contribution in [2.24, 2.45) is 7.05 Å². The Kier molecular flexibility index (Phi) is 5.25. The van der Waals surface area contributed by atoms with E-state index in [1.807, 2.05) is 0 Å². The number of hydrogen-bond acceptors (Lipinski definition) is 6. The third-order valence-corrected chi connectivity index (χ3v) is 3.93. The first-order valence-electron chi connectivity index (χ1n) is 8.38. The van der Waals surface area contributed by atoms with Crippen molar-refractivity contribution in [3.63, 3.8) is 0 Å². The van der Waals surface area contributed by atoms with Gasteiger partial charge in [-0.3, -0.25) is 9.36 Å². The van der Waals surface area contributed by atoms with Crippen molar-refractivity contribution in [3.05, 3.63) is 58.6 Å². The summed E-state index contributed by atoms with van der Waals surface area (Å²) in [6, 6.07) is 11.7. The molecule has 3 rings (SSSR count). The molecule has 0 atom stereocenters. The zero-order valence-corrected chi connectivity index (χ0v) is 14.9. The van der Waals surface area contributed by atoms with Crippen molar-refractivity contribution in [1.82, 2.24) is 4.57 Å². The fraction of sp³-hybridized carbons (Fsp3) is 0.211. The number of carbonyl (C=O) groups excluding carboxylic acids is 2. The standard InChI is InChI=1S/C19H19N3O5/c1-3-26-18(24)12-4-6-13(7-5-12)20-11-17(23)21-14-8-9-15-16(10-14)27-19(25)22(15)2/h4-10,20H,3,11H2,1-2H3,(H,21,23). The van der Waals surface area contributed by atoms with E-state index in [9.17, 15) is 14.4 Å². The number of amides is 1. The second kappa shape index (κ2) is 7.77. The molecule has 1 heterocycles. The number of nitrogens with one attached hydrogen (secondary N) is 2. The van der Waals surface area contributed by atoms with Crippen molar-refractivity contribution < 1.29 is 18.7 Å². The normalized spacial score (nSPS) is 10.6. The lowest BCUT2D eigenvalue weighted by Gasteiger charge is -2.08. The maximum Gasteiger partial charge on any atom is 0.419 e. The summed E-state index contributed by atoms with van der Waals surface area (Å²) >= 11 is 0. The molecule has 2 aromatic carbocycles. The molecule has 27 heavy (non-hydrogen) atoms. The average Bonchev–Trinajstić information content (AvgIpc) is 2.94. The number of benzene rings is 2. The fourth-order valence-corrected chi connectivity index (χ4v) is 2.54. The fourth-order valence-electron chi connectivity index (χ4n) is 2.54. The molecule has 140 valence electrons.